The molecule has 0 unspecified atom stereocenters. The summed E-state index contributed by atoms with van der Waals surface area (Å²) in [4.78, 5) is 22.2. The number of nitrogens with zero attached hydrogens (tertiary/aromatic N) is 3. The van der Waals surface area contributed by atoms with Crippen LogP contribution >= 0.6 is 0 Å². The van der Waals surface area contributed by atoms with Gasteiger partial charge < -0.3 is 14.5 Å². The van der Waals surface area contributed by atoms with Gasteiger partial charge in [0.25, 0.3) is 15.9 Å². The number of hydrogen-bond donors (Lipinski definition) is 1. The Morgan fingerprint density at radius 3 is 2.30 bits per heavy atom. The second-order valence-corrected chi connectivity index (χ2v) is 13.7. The van der Waals surface area contributed by atoms with E-state index in [4.69, 9.17) is 9.73 Å². The number of rotatable bonds is 9. The SMILES string of the molecule is Cc1cccc(S(=O)(=O)Nc2ccc(C(=O)N3CCN(c4cccc(OC(C)C)c4)CC3)cc2)c1/N=C\C1CCCCCC1. The topological polar surface area (TPSA) is 91.3 Å². The van der Waals surface area contributed by atoms with Crippen molar-refractivity contribution in [2.24, 2.45) is 10.9 Å². The van der Waals surface area contributed by atoms with Gasteiger partial charge in [-0.3, -0.25) is 14.5 Å². The maximum Gasteiger partial charge on any atom is 0.264 e. The summed E-state index contributed by atoms with van der Waals surface area (Å²) < 4.78 is 35.5. The fourth-order valence-corrected chi connectivity index (χ4v) is 7.20. The van der Waals surface area contributed by atoms with Crippen molar-refractivity contribution in [3.63, 3.8) is 0 Å². The van der Waals surface area contributed by atoms with Crippen LogP contribution in [0.2, 0.25) is 0 Å². The molecule has 3 aromatic rings. The Morgan fingerprint density at radius 1 is 0.932 bits per heavy atom. The molecular weight excluding hydrogens is 572 g/mol. The molecule has 234 valence electrons. The summed E-state index contributed by atoms with van der Waals surface area (Å²) in [7, 11) is -3.90. The van der Waals surface area contributed by atoms with Gasteiger partial charge in [-0.2, -0.15) is 0 Å². The number of carbonyl (C=O) groups is 1. The summed E-state index contributed by atoms with van der Waals surface area (Å²) >= 11 is 0. The number of hydrogen-bond acceptors (Lipinski definition) is 6. The third kappa shape index (κ3) is 8.00. The molecule has 5 rings (SSSR count). The van der Waals surface area contributed by atoms with E-state index < -0.39 is 10.0 Å². The third-order valence-electron chi connectivity index (χ3n) is 8.31. The van der Waals surface area contributed by atoms with E-state index in [2.05, 4.69) is 15.7 Å². The van der Waals surface area contributed by atoms with Gasteiger partial charge in [0.05, 0.1) is 11.8 Å². The third-order valence-corrected chi connectivity index (χ3v) is 9.72. The molecule has 8 nitrogen and oxygen atoms in total. The summed E-state index contributed by atoms with van der Waals surface area (Å²) in [6.45, 7) is 8.53. The Morgan fingerprint density at radius 2 is 1.61 bits per heavy atom. The molecule has 0 spiro atoms. The lowest BCUT2D eigenvalue weighted by Gasteiger charge is -2.36. The summed E-state index contributed by atoms with van der Waals surface area (Å²) in [5, 5.41) is 0. The molecule has 0 radical (unpaired) electrons. The molecule has 0 atom stereocenters. The molecule has 9 heteroatoms. The van der Waals surface area contributed by atoms with Crippen LogP contribution < -0.4 is 14.4 Å². The molecule has 2 aliphatic rings. The number of benzene rings is 3. The lowest BCUT2D eigenvalue weighted by molar-refractivity contribution is 0.0746. The van der Waals surface area contributed by atoms with Crippen molar-refractivity contribution in [2.45, 2.75) is 70.3 Å². The Labute approximate surface area is 262 Å². The van der Waals surface area contributed by atoms with Crippen molar-refractivity contribution >= 4 is 39.2 Å². The van der Waals surface area contributed by atoms with Crippen LogP contribution in [0.3, 0.4) is 0 Å². The van der Waals surface area contributed by atoms with Crippen molar-refractivity contribution in [1.29, 1.82) is 0 Å². The van der Waals surface area contributed by atoms with E-state index in [1.54, 1.807) is 36.4 Å². The van der Waals surface area contributed by atoms with Gasteiger partial charge in [-0.15, -0.1) is 0 Å². The maximum atomic E-state index is 13.5. The van der Waals surface area contributed by atoms with Crippen LogP contribution in [0, 0.1) is 12.8 Å². The fourth-order valence-electron chi connectivity index (χ4n) is 5.92. The van der Waals surface area contributed by atoms with Crippen LogP contribution in [0.5, 0.6) is 5.75 Å². The van der Waals surface area contributed by atoms with Crippen molar-refractivity contribution < 1.29 is 17.9 Å². The molecular formula is C35H44N4O4S. The molecule has 1 N–H and O–H groups in total. The number of nitrogens with one attached hydrogen (secondary N) is 1. The van der Waals surface area contributed by atoms with E-state index in [0.29, 0.717) is 35.9 Å². The minimum absolute atomic E-state index is 0.0650. The number of anilines is 2. The monoisotopic (exact) mass is 616 g/mol. The van der Waals surface area contributed by atoms with Gasteiger partial charge >= 0.3 is 0 Å². The quantitative estimate of drug-likeness (QED) is 0.203. The maximum absolute atomic E-state index is 13.5. The zero-order valence-corrected chi connectivity index (χ0v) is 26.9. The second-order valence-electron chi connectivity index (χ2n) is 12.1. The first-order valence-corrected chi connectivity index (χ1v) is 17.3. The Bertz CT molecular complexity index is 1550. The van der Waals surface area contributed by atoms with Crippen LogP contribution in [0.1, 0.15) is 68.3 Å². The Hall–Kier alpha value is -3.85. The van der Waals surface area contributed by atoms with Crippen molar-refractivity contribution in [2.75, 3.05) is 35.8 Å². The van der Waals surface area contributed by atoms with Crippen molar-refractivity contribution in [1.82, 2.24) is 4.90 Å². The molecule has 44 heavy (non-hydrogen) atoms. The molecule has 3 aromatic carbocycles. The summed E-state index contributed by atoms with van der Waals surface area (Å²) in [5.41, 5.74) is 3.30. The number of para-hydroxylation sites is 1. The predicted molar refractivity (Wildman–Crippen MR) is 178 cm³/mol. The zero-order chi connectivity index (χ0) is 31.1. The number of aryl methyl sites for hydroxylation is 1. The number of amides is 1. The lowest BCUT2D eigenvalue weighted by Crippen LogP contribution is -2.48. The molecule has 1 amide bonds. The van der Waals surface area contributed by atoms with E-state index in [1.807, 2.05) is 56.2 Å². The fraction of sp³-hybridized carbons (Fsp3) is 0.429. The van der Waals surface area contributed by atoms with E-state index in [9.17, 15) is 13.2 Å². The minimum Gasteiger partial charge on any atom is -0.491 e. The van der Waals surface area contributed by atoms with E-state index >= 15 is 0 Å². The highest BCUT2D eigenvalue weighted by atomic mass is 32.2. The van der Waals surface area contributed by atoms with Gasteiger partial charge in [0.15, 0.2) is 0 Å². The molecule has 1 heterocycles. The van der Waals surface area contributed by atoms with Crippen LogP contribution in [0.25, 0.3) is 0 Å². The van der Waals surface area contributed by atoms with E-state index in [-0.39, 0.29) is 16.9 Å². The number of carbonyl (C=O) groups excluding carboxylic acids is 1. The molecule has 1 aliphatic carbocycles. The average molecular weight is 617 g/mol. The Balaban J connectivity index is 1.21. The average Bonchev–Trinajstić information content (AvgIpc) is 3.29. The summed E-state index contributed by atoms with van der Waals surface area (Å²) in [6.07, 6.45) is 9.13. The van der Waals surface area contributed by atoms with Gasteiger partial charge in [-0.1, -0.05) is 43.9 Å². The molecule has 0 aromatic heterocycles. The molecule has 1 aliphatic heterocycles. The highest BCUT2D eigenvalue weighted by Gasteiger charge is 2.24. The van der Waals surface area contributed by atoms with Crippen LogP contribution in [-0.4, -0.2) is 57.7 Å². The van der Waals surface area contributed by atoms with Gasteiger partial charge in [-0.25, -0.2) is 8.42 Å². The first-order chi connectivity index (χ1) is 21.2. The van der Waals surface area contributed by atoms with Gasteiger partial charge in [0.2, 0.25) is 0 Å². The number of ether oxygens (including phenoxy) is 1. The van der Waals surface area contributed by atoms with Gasteiger partial charge in [-0.05, 0) is 87.6 Å². The predicted octanol–water partition coefficient (Wildman–Crippen LogP) is 7.22. The smallest absolute Gasteiger partial charge is 0.264 e. The normalized spacial score (nSPS) is 16.7. The molecule has 2 fully saturated rings. The van der Waals surface area contributed by atoms with Crippen LogP contribution in [-0.2, 0) is 10.0 Å². The second kappa shape index (κ2) is 14.3. The van der Waals surface area contributed by atoms with Crippen LogP contribution in [0.15, 0.2) is 76.6 Å². The van der Waals surface area contributed by atoms with E-state index in [1.165, 1.54) is 25.7 Å². The summed E-state index contributed by atoms with van der Waals surface area (Å²) in [5.74, 6) is 1.15. The lowest BCUT2D eigenvalue weighted by atomic mass is 10.0. The number of aliphatic imine (C=N–C) groups is 1. The highest BCUT2D eigenvalue weighted by molar-refractivity contribution is 7.92. The minimum atomic E-state index is -3.90. The number of piperazine rings is 1. The zero-order valence-electron chi connectivity index (χ0n) is 26.0. The largest absolute Gasteiger partial charge is 0.491 e. The molecule has 1 saturated heterocycles. The summed E-state index contributed by atoms with van der Waals surface area (Å²) in [6, 6.07) is 19.9. The van der Waals surface area contributed by atoms with Gasteiger partial charge in [0, 0.05) is 55.4 Å². The molecule has 1 saturated carbocycles. The number of sulfonamides is 1. The first-order valence-electron chi connectivity index (χ1n) is 15.8. The van der Waals surface area contributed by atoms with Crippen molar-refractivity contribution in [3.05, 3.63) is 77.9 Å². The van der Waals surface area contributed by atoms with E-state index in [0.717, 1.165) is 42.9 Å². The Kier molecular flexibility index (Phi) is 10.3. The molecule has 0 bridgehead atoms. The first kappa shape index (κ1) is 31.6. The van der Waals surface area contributed by atoms with Crippen molar-refractivity contribution in [3.8, 4) is 5.75 Å². The highest BCUT2D eigenvalue weighted by Crippen LogP contribution is 2.31. The van der Waals surface area contributed by atoms with Crippen LogP contribution in [0.4, 0.5) is 17.1 Å². The van der Waals surface area contributed by atoms with Gasteiger partial charge in [0.1, 0.15) is 10.6 Å². The standard InChI is InChI=1S/C35H44N4O4S/c1-26(2)43-32-14-9-13-31(24-32)38-20-22-39(23-21-38)35(40)29-16-18-30(19-17-29)37-44(41,42)33-15-8-10-27(3)34(33)36-25-28-11-6-4-5-7-12-28/h8-10,13-19,24-26,28,37H,4-7,11-12,20-23H2,1-3H3/b36-25-.